The van der Waals surface area contributed by atoms with E-state index < -0.39 is 48.6 Å². The molecule has 0 saturated carbocycles. The number of rotatable bonds is 11. The smallest absolute Gasteiger partial charge is 0.456 e. The molecule has 0 radical (unpaired) electrons. The predicted octanol–water partition coefficient (Wildman–Crippen LogP) is 4.99. The number of esters is 1. The molecule has 0 unspecified atom stereocenters. The first kappa shape index (κ1) is 28.8. The second-order valence-corrected chi connectivity index (χ2v) is 11.3. The fourth-order valence-electron chi connectivity index (χ4n) is 4.96. The number of para-hydroxylation sites is 2. The minimum absolute atomic E-state index is 0.126. The third-order valence-electron chi connectivity index (χ3n) is 6.95. The Bertz CT molecular complexity index is 1510. The van der Waals surface area contributed by atoms with Crippen molar-refractivity contribution >= 4 is 25.4 Å². The Morgan fingerprint density at radius 1 is 0.976 bits per heavy atom. The summed E-state index contributed by atoms with van der Waals surface area (Å²) in [5, 5.41) is 21.2. The second-order valence-electron chi connectivity index (χ2n) is 9.81. The zero-order chi connectivity index (χ0) is 30.0. The molecule has 0 bridgehead atoms. The van der Waals surface area contributed by atoms with E-state index in [1.165, 1.54) is 36.1 Å². The molecule has 1 saturated heterocycles. The molecular formula is C29H27N2O10P. The van der Waals surface area contributed by atoms with Crippen molar-refractivity contribution in [3.8, 4) is 11.5 Å². The fraction of sp³-hybridized carbons (Fsp3) is 0.241. The molecule has 0 aromatic heterocycles. The molecule has 12 nitrogen and oxygen atoms in total. The zero-order valence-corrected chi connectivity index (χ0v) is 23.5. The molecule has 13 heteroatoms. The van der Waals surface area contributed by atoms with Gasteiger partial charge in [0.25, 0.3) is 5.69 Å². The van der Waals surface area contributed by atoms with E-state index in [-0.39, 0.29) is 35.2 Å². The molecule has 1 N–H and O–H groups in total. The number of nitro benzene ring substituents is 1. The van der Waals surface area contributed by atoms with Gasteiger partial charge in [0.2, 0.25) is 5.91 Å². The van der Waals surface area contributed by atoms with E-state index in [1.54, 1.807) is 67.6 Å². The van der Waals surface area contributed by atoms with Crippen LogP contribution in [-0.2, 0) is 30.0 Å². The number of nitrogens with zero attached hydrogens (tertiary/aromatic N) is 2. The van der Waals surface area contributed by atoms with Crippen molar-refractivity contribution in [2.24, 2.45) is 11.8 Å². The van der Waals surface area contributed by atoms with Crippen molar-refractivity contribution < 1.29 is 42.5 Å². The first-order chi connectivity index (χ1) is 20.1. The van der Waals surface area contributed by atoms with Gasteiger partial charge in [0, 0.05) is 18.1 Å². The number of phosphoric acid groups is 1. The number of carbonyl (C=O) groups excluding carboxylic acids is 2. The number of aliphatic hydroxyl groups is 1. The molecule has 1 amide bonds. The fourth-order valence-corrected chi connectivity index (χ4v) is 6.33. The van der Waals surface area contributed by atoms with Crippen LogP contribution in [0.2, 0.25) is 0 Å². The molecule has 2 aliphatic heterocycles. The van der Waals surface area contributed by atoms with Crippen LogP contribution in [0.1, 0.15) is 19.4 Å². The van der Waals surface area contributed by atoms with Gasteiger partial charge < -0.3 is 23.4 Å². The Hall–Kier alpha value is -4.67. The van der Waals surface area contributed by atoms with Gasteiger partial charge in [-0.15, -0.1) is 0 Å². The third kappa shape index (κ3) is 5.72. The second kappa shape index (κ2) is 11.7. The van der Waals surface area contributed by atoms with Crippen LogP contribution in [0.15, 0.2) is 96.4 Å². The van der Waals surface area contributed by atoms with E-state index in [0.717, 1.165) is 0 Å². The quantitative estimate of drug-likeness (QED) is 0.106. The number of non-ortho nitro benzene ring substituents is 1. The number of ether oxygens (including phenoxy) is 1. The van der Waals surface area contributed by atoms with Crippen LogP contribution >= 0.6 is 7.82 Å². The number of benzene rings is 3. The number of fused-ring (bicyclic) bond motifs is 1. The summed E-state index contributed by atoms with van der Waals surface area (Å²) >= 11 is 0. The van der Waals surface area contributed by atoms with Gasteiger partial charge in [-0.05, 0) is 48.9 Å². The van der Waals surface area contributed by atoms with Crippen molar-refractivity contribution in [3.05, 3.63) is 112 Å². The lowest BCUT2D eigenvalue weighted by molar-refractivity contribution is -0.384. The number of hydrogen-bond acceptors (Lipinski definition) is 10. The van der Waals surface area contributed by atoms with Gasteiger partial charge in [-0.3, -0.25) is 19.8 Å². The molecular weight excluding hydrogens is 567 g/mol. The van der Waals surface area contributed by atoms with E-state index in [2.05, 4.69) is 0 Å². The highest BCUT2D eigenvalue weighted by Crippen LogP contribution is 2.57. The van der Waals surface area contributed by atoms with Gasteiger partial charge in [-0.2, -0.15) is 4.57 Å². The predicted molar refractivity (Wildman–Crippen MR) is 148 cm³/mol. The van der Waals surface area contributed by atoms with Crippen molar-refractivity contribution in [2.75, 3.05) is 0 Å². The highest BCUT2D eigenvalue weighted by molar-refractivity contribution is 7.49. The topological polar surface area (TPSA) is 155 Å². The first-order valence-electron chi connectivity index (χ1n) is 13.0. The summed E-state index contributed by atoms with van der Waals surface area (Å²) < 4.78 is 37.0. The SMILES string of the molecule is C[C@H](O)[C@H]1C(=O)N2C(C(=O)OCc3ccc([N+](=O)[O-])cc3)=C(OP(=O)(Oc3ccccc3)Oc3ccccc3)[C@H](C)[C@H]12. The maximum atomic E-state index is 14.2. The summed E-state index contributed by atoms with van der Waals surface area (Å²) in [7, 11) is -4.54. The summed E-state index contributed by atoms with van der Waals surface area (Å²) in [6.07, 6.45) is -1.02. The molecule has 42 heavy (non-hydrogen) atoms. The van der Waals surface area contributed by atoms with Crippen LogP contribution in [-0.4, -0.2) is 39.0 Å². The maximum Gasteiger partial charge on any atom is 0.646 e. The molecule has 1 fully saturated rings. The van der Waals surface area contributed by atoms with Gasteiger partial charge in [-0.1, -0.05) is 43.3 Å². The van der Waals surface area contributed by atoms with Crippen LogP contribution < -0.4 is 9.05 Å². The molecule has 3 aromatic carbocycles. The Morgan fingerprint density at radius 2 is 1.52 bits per heavy atom. The highest BCUT2D eigenvalue weighted by Gasteiger charge is 2.62. The van der Waals surface area contributed by atoms with Gasteiger partial charge in [-0.25, -0.2) is 4.79 Å². The lowest BCUT2D eigenvalue weighted by Gasteiger charge is -2.46. The standard InChI is InChI=1S/C29H27N2O10P/c1-18-25-24(19(2)32)28(33)30(25)26(29(34)38-17-20-13-15-21(16-14-20)31(35)36)27(18)41-42(37,39-22-9-5-3-6-10-22)40-23-11-7-4-8-12-23/h3-16,18-19,24-25,32H,17H2,1-2H3/t18-,19+,24-,25-/m1/s1. The normalized spacial score (nSPS) is 20.3. The lowest BCUT2D eigenvalue weighted by atomic mass is 9.79. The minimum Gasteiger partial charge on any atom is -0.456 e. The minimum atomic E-state index is -4.54. The molecule has 2 aliphatic rings. The molecule has 218 valence electrons. The van der Waals surface area contributed by atoms with Crippen molar-refractivity contribution in [2.45, 2.75) is 32.6 Å². The van der Waals surface area contributed by atoms with Crippen LogP contribution in [0.25, 0.3) is 0 Å². The molecule has 2 heterocycles. The monoisotopic (exact) mass is 594 g/mol. The number of hydrogen-bond donors (Lipinski definition) is 1. The molecule has 0 spiro atoms. The van der Waals surface area contributed by atoms with E-state index >= 15 is 0 Å². The number of β-lactam (4-membered cyclic amide) rings is 1. The molecule has 4 atom stereocenters. The molecule has 5 rings (SSSR count). The van der Waals surface area contributed by atoms with Crippen molar-refractivity contribution in [1.29, 1.82) is 0 Å². The van der Waals surface area contributed by atoms with E-state index in [1.807, 2.05) is 0 Å². The zero-order valence-electron chi connectivity index (χ0n) is 22.6. The third-order valence-corrected chi connectivity index (χ3v) is 8.24. The largest absolute Gasteiger partial charge is 0.646 e. The molecule has 3 aromatic rings. The van der Waals surface area contributed by atoms with Crippen LogP contribution in [0.4, 0.5) is 5.69 Å². The van der Waals surface area contributed by atoms with Crippen molar-refractivity contribution in [1.82, 2.24) is 4.90 Å². The van der Waals surface area contributed by atoms with Gasteiger partial charge >= 0.3 is 13.8 Å². The summed E-state index contributed by atoms with van der Waals surface area (Å²) in [4.78, 5) is 38.1. The molecule has 0 aliphatic carbocycles. The Morgan fingerprint density at radius 3 is 2.02 bits per heavy atom. The Balaban J connectivity index is 1.48. The average molecular weight is 595 g/mol. The summed E-state index contributed by atoms with van der Waals surface area (Å²) in [5.74, 6) is -2.82. The summed E-state index contributed by atoms with van der Waals surface area (Å²) in [6.45, 7) is 2.87. The van der Waals surface area contributed by atoms with Crippen LogP contribution in [0.3, 0.4) is 0 Å². The maximum absolute atomic E-state index is 14.2. The lowest BCUT2D eigenvalue weighted by Crippen LogP contribution is -2.63. The van der Waals surface area contributed by atoms with E-state index in [4.69, 9.17) is 18.3 Å². The van der Waals surface area contributed by atoms with Gasteiger partial charge in [0.1, 0.15) is 23.9 Å². The van der Waals surface area contributed by atoms with Gasteiger partial charge in [0.15, 0.2) is 5.70 Å². The number of phosphoric ester groups is 1. The average Bonchev–Trinajstić information content (AvgIpc) is 3.20. The van der Waals surface area contributed by atoms with E-state index in [9.17, 15) is 29.4 Å². The van der Waals surface area contributed by atoms with Crippen molar-refractivity contribution in [3.63, 3.8) is 0 Å². The number of amides is 1. The summed E-state index contributed by atoms with van der Waals surface area (Å²) in [6, 6.07) is 21.1. The van der Waals surface area contributed by atoms with Gasteiger partial charge in [0.05, 0.1) is 23.0 Å². The highest BCUT2D eigenvalue weighted by atomic mass is 31.2. The Kier molecular flexibility index (Phi) is 8.02. The first-order valence-corrected chi connectivity index (χ1v) is 14.5. The number of carbonyl (C=O) groups is 2. The van der Waals surface area contributed by atoms with Crippen LogP contribution in [0.5, 0.6) is 11.5 Å². The number of aliphatic hydroxyl groups excluding tert-OH is 1. The summed E-state index contributed by atoms with van der Waals surface area (Å²) in [5.41, 5.74) is 0.0469. The number of nitro groups is 1. The van der Waals surface area contributed by atoms with E-state index in [0.29, 0.717) is 5.56 Å². The van der Waals surface area contributed by atoms with Crippen LogP contribution in [0, 0.1) is 22.0 Å². The Labute approximate surface area is 240 Å².